The van der Waals surface area contributed by atoms with Gasteiger partial charge < -0.3 is 21.0 Å². The summed E-state index contributed by atoms with van der Waals surface area (Å²) in [5, 5.41) is 2.91. The third-order valence-electron chi connectivity index (χ3n) is 3.63. The Hall–Kier alpha value is -1.56. The van der Waals surface area contributed by atoms with Crippen molar-refractivity contribution in [3.63, 3.8) is 0 Å². The predicted octanol–water partition coefficient (Wildman–Crippen LogP) is 0.340. The lowest BCUT2D eigenvalue weighted by molar-refractivity contribution is 0.0911. The fourth-order valence-electron chi connectivity index (χ4n) is 2.61. The van der Waals surface area contributed by atoms with E-state index in [-0.39, 0.29) is 23.3 Å². The molecule has 1 aromatic heterocycles. The van der Waals surface area contributed by atoms with Crippen LogP contribution in [-0.2, 0) is 0 Å². The van der Waals surface area contributed by atoms with E-state index in [1.54, 1.807) is 0 Å². The maximum atomic E-state index is 11.9. The molecule has 5 N–H and O–H groups in total. The molecule has 0 saturated heterocycles. The van der Waals surface area contributed by atoms with E-state index in [0.717, 1.165) is 12.8 Å². The van der Waals surface area contributed by atoms with E-state index in [1.807, 2.05) is 0 Å². The minimum Gasteiger partial charge on any atom is -0.346 e. The Morgan fingerprint density at radius 2 is 2.17 bits per heavy atom. The number of imidazole rings is 1. The zero-order valence-corrected chi connectivity index (χ0v) is 10.4. The molecule has 0 aliphatic heterocycles. The lowest BCUT2D eigenvalue weighted by Crippen LogP contribution is -2.46. The summed E-state index contributed by atoms with van der Waals surface area (Å²) >= 11 is 0. The number of nitrogens with one attached hydrogen (secondary N) is 3. The van der Waals surface area contributed by atoms with Crippen molar-refractivity contribution >= 4 is 5.91 Å². The lowest BCUT2D eigenvalue weighted by Gasteiger charge is -2.29. The molecule has 1 saturated carbocycles. The van der Waals surface area contributed by atoms with Gasteiger partial charge in [0.25, 0.3) is 5.91 Å². The molecule has 1 aliphatic rings. The van der Waals surface area contributed by atoms with Gasteiger partial charge in [-0.25, -0.2) is 4.79 Å². The molecule has 6 heteroatoms. The van der Waals surface area contributed by atoms with Crippen LogP contribution in [0.3, 0.4) is 0 Å². The van der Waals surface area contributed by atoms with Crippen molar-refractivity contribution in [3.05, 3.63) is 22.4 Å². The van der Waals surface area contributed by atoms with E-state index in [4.69, 9.17) is 5.73 Å². The van der Waals surface area contributed by atoms with Crippen molar-refractivity contribution < 1.29 is 4.79 Å². The van der Waals surface area contributed by atoms with Crippen LogP contribution >= 0.6 is 0 Å². The van der Waals surface area contributed by atoms with E-state index in [1.165, 1.54) is 25.5 Å². The number of carbonyl (C=O) groups is 1. The second kappa shape index (κ2) is 5.86. The quantitative estimate of drug-likeness (QED) is 0.621. The van der Waals surface area contributed by atoms with Crippen LogP contribution in [0.25, 0.3) is 0 Å². The van der Waals surface area contributed by atoms with Gasteiger partial charge >= 0.3 is 5.69 Å². The van der Waals surface area contributed by atoms with Crippen molar-refractivity contribution in [1.82, 2.24) is 15.3 Å². The largest absolute Gasteiger partial charge is 0.346 e. The Labute approximate surface area is 105 Å². The molecule has 18 heavy (non-hydrogen) atoms. The highest BCUT2D eigenvalue weighted by Crippen LogP contribution is 2.26. The van der Waals surface area contributed by atoms with Crippen molar-refractivity contribution in [2.24, 2.45) is 11.7 Å². The number of hydrogen-bond acceptors (Lipinski definition) is 3. The smallest absolute Gasteiger partial charge is 0.323 e. The van der Waals surface area contributed by atoms with Gasteiger partial charge in [-0.1, -0.05) is 19.3 Å². The van der Waals surface area contributed by atoms with Crippen molar-refractivity contribution in [2.75, 3.05) is 6.54 Å². The SMILES string of the molecule is NCC(NC(=O)c1c[nH]c(=O)[nH]1)C1CCCCC1. The molecule has 0 bridgehead atoms. The lowest BCUT2D eigenvalue weighted by atomic mass is 9.84. The molecule has 100 valence electrons. The molecule has 1 unspecified atom stereocenters. The fourth-order valence-corrected chi connectivity index (χ4v) is 2.61. The Balaban J connectivity index is 1.97. The monoisotopic (exact) mass is 252 g/mol. The molecule has 1 heterocycles. The maximum Gasteiger partial charge on any atom is 0.323 e. The van der Waals surface area contributed by atoms with Crippen molar-refractivity contribution in [2.45, 2.75) is 38.1 Å². The van der Waals surface area contributed by atoms with Gasteiger partial charge in [0.05, 0.1) is 0 Å². The first-order valence-corrected chi connectivity index (χ1v) is 6.49. The number of rotatable bonds is 4. The van der Waals surface area contributed by atoms with Crippen LogP contribution in [0.1, 0.15) is 42.6 Å². The number of amides is 1. The summed E-state index contributed by atoms with van der Waals surface area (Å²) in [6.07, 6.45) is 7.30. The van der Waals surface area contributed by atoms with E-state index in [2.05, 4.69) is 15.3 Å². The third-order valence-corrected chi connectivity index (χ3v) is 3.63. The molecule has 1 amide bonds. The van der Waals surface area contributed by atoms with Gasteiger partial charge in [0.2, 0.25) is 0 Å². The Bertz CT molecular complexity index is 445. The van der Waals surface area contributed by atoms with Gasteiger partial charge in [0.15, 0.2) is 0 Å². The first-order valence-electron chi connectivity index (χ1n) is 6.49. The molecule has 0 spiro atoms. The summed E-state index contributed by atoms with van der Waals surface area (Å²) in [6.45, 7) is 0.436. The highest BCUT2D eigenvalue weighted by atomic mass is 16.2. The molecule has 1 fully saturated rings. The van der Waals surface area contributed by atoms with E-state index in [0.29, 0.717) is 12.5 Å². The Morgan fingerprint density at radius 3 is 2.72 bits per heavy atom. The number of hydrogen-bond donors (Lipinski definition) is 4. The molecule has 0 aromatic carbocycles. The molecule has 1 aliphatic carbocycles. The van der Waals surface area contributed by atoms with E-state index in [9.17, 15) is 9.59 Å². The summed E-state index contributed by atoms with van der Waals surface area (Å²) in [7, 11) is 0. The van der Waals surface area contributed by atoms with Crippen molar-refractivity contribution in [3.8, 4) is 0 Å². The average molecular weight is 252 g/mol. The van der Waals surface area contributed by atoms with Crippen molar-refractivity contribution in [1.29, 1.82) is 0 Å². The zero-order chi connectivity index (χ0) is 13.0. The van der Waals surface area contributed by atoms with Crippen LogP contribution < -0.4 is 16.7 Å². The number of aromatic nitrogens is 2. The van der Waals surface area contributed by atoms with Crippen LogP contribution in [0.15, 0.2) is 11.0 Å². The van der Waals surface area contributed by atoms with Gasteiger partial charge in [0.1, 0.15) is 5.69 Å². The number of aromatic amines is 2. The summed E-state index contributed by atoms with van der Waals surface area (Å²) in [4.78, 5) is 27.7. The number of H-pyrrole nitrogens is 2. The molecule has 6 nitrogen and oxygen atoms in total. The van der Waals surface area contributed by atoms with Crippen LogP contribution in [0.4, 0.5) is 0 Å². The van der Waals surface area contributed by atoms with Crippen LogP contribution in [0.5, 0.6) is 0 Å². The summed E-state index contributed by atoms with van der Waals surface area (Å²) in [5.74, 6) is 0.188. The van der Waals surface area contributed by atoms with Gasteiger partial charge in [-0.3, -0.25) is 4.79 Å². The maximum absolute atomic E-state index is 11.9. The van der Waals surface area contributed by atoms with Crippen LogP contribution in [0.2, 0.25) is 0 Å². The summed E-state index contributed by atoms with van der Waals surface area (Å²) < 4.78 is 0. The number of carbonyl (C=O) groups excluding carboxylic acids is 1. The highest BCUT2D eigenvalue weighted by Gasteiger charge is 2.24. The molecule has 0 radical (unpaired) electrons. The van der Waals surface area contributed by atoms with Crippen LogP contribution in [0, 0.1) is 5.92 Å². The molecule has 2 rings (SSSR count). The Kier molecular flexibility index (Phi) is 4.19. The second-order valence-corrected chi connectivity index (χ2v) is 4.87. The minimum atomic E-state index is -0.373. The normalized spacial score (nSPS) is 18.5. The van der Waals surface area contributed by atoms with Gasteiger partial charge in [-0.2, -0.15) is 0 Å². The van der Waals surface area contributed by atoms with Gasteiger partial charge in [-0.05, 0) is 18.8 Å². The fraction of sp³-hybridized carbons (Fsp3) is 0.667. The third kappa shape index (κ3) is 3.01. The first kappa shape index (κ1) is 12.9. The molecular weight excluding hydrogens is 232 g/mol. The second-order valence-electron chi connectivity index (χ2n) is 4.87. The zero-order valence-electron chi connectivity index (χ0n) is 10.4. The minimum absolute atomic E-state index is 0.00352. The van der Waals surface area contributed by atoms with Gasteiger partial charge in [0, 0.05) is 18.8 Å². The van der Waals surface area contributed by atoms with E-state index < -0.39 is 0 Å². The Morgan fingerprint density at radius 1 is 1.44 bits per heavy atom. The predicted molar refractivity (Wildman–Crippen MR) is 68.3 cm³/mol. The standard InChI is InChI=1S/C12H20N4O2/c13-6-9(8-4-2-1-3-5-8)15-11(17)10-7-14-12(18)16-10/h7-9H,1-6,13H2,(H,15,17)(H2,14,16,18). The van der Waals surface area contributed by atoms with Crippen LogP contribution in [-0.4, -0.2) is 28.5 Å². The first-order chi connectivity index (χ1) is 8.70. The highest BCUT2D eigenvalue weighted by molar-refractivity contribution is 5.92. The summed E-state index contributed by atoms with van der Waals surface area (Å²) in [6, 6.07) is -0.00352. The summed E-state index contributed by atoms with van der Waals surface area (Å²) in [5.41, 5.74) is 5.63. The van der Waals surface area contributed by atoms with E-state index >= 15 is 0 Å². The topological polar surface area (TPSA) is 104 Å². The average Bonchev–Trinajstić information content (AvgIpc) is 2.83. The number of nitrogens with two attached hydrogens (primary N) is 1. The molecule has 1 atom stereocenters. The molecule has 1 aromatic rings. The molecular formula is C12H20N4O2. The van der Waals surface area contributed by atoms with Gasteiger partial charge in [-0.15, -0.1) is 0 Å².